The van der Waals surface area contributed by atoms with Crippen LogP contribution in [0.4, 0.5) is 11.4 Å². The first kappa shape index (κ1) is 27.2. The van der Waals surface area contributed by atoms with Crippen LogP contribution in [-0.4, -0.2) is 29.6 Å². The van der Waals surface area contributed by atoms with E-state index < -0.39 is 28.8 Å². The quantitative estimate of drug-likeness (QED) is 0.353. The smallest absolute Gasteiger partial charge is 0.238 e. The molecule has 0 unspecified atom stereocenters. The number of ketones is 2. The van der Waals surface area contributed by atoms with E-state index in [1.54, 1.807) is 0 Å². The molecule has 3 aromatic carbocycles. The summed E-state index contributed by atoms with van der Waals surface area (Å²) in [7, 11) is 0. The topological polar surface area (TPSA) is 66.5 Å². The van der Waals surface area contributed by atoms with Crippen molar-refractivity contribution in [3.63, 3.8) is 0 Å². The Labute approximate surface area is 242 Å². The zero-order valence-corrected chi connectivity index (χ0v) is 24.7. The van der Waals surface area contributed by atoms with Gasteiger partial charge in [-0.2, -0.15) is 0 Å². The molecule has 3 aliphatic heterocycles. The summed E-state index contributed by atoms with van der Waals surface area (Å²) in [5.41, 5.74) is 5.26. The van der Waals surface area contributed by atoms with Gasteiger partial charge in [-0.3, -0.25) is 14.4 Å². The SMILES string of the molecule is CCCc1ccc(C(=O)[C@H]2[C@H](C(=O)C(C)(C)C)N3c4ccc(C)cc4C(C)=C[C@@H]3[C@]23C(=O)Nc2ccccc23)cc1. The highest BCUT2D eigenvalue weighted by Gasteiger charge is 2.71. The Hall–Kier alpha value is -3.99. The summed E-state index contributed by atoms with van der Waals surface area (Å²) < 4.78 is 0. The highest BCUT2D eigenvalue weighted by atomic mass is 16.2. The number of allylic oxidation sites excluding steroid dienone is 1. The number of fused-ring (bicyclic) bond motifs is 6. The molecule has 5 nitrogen and oxygen atoms in total. The van der Waals surface area contributed by atoms with E-state index in [0.717, 1.165) is 46.4 Å². The van der Waals surface area contributed by atoms with Crippen molar-refractivity contribution in [3.05, 3.63) is 101 Å². The van der Waals surface area contributed by atoms with Gasteiger partial charge in [-0.1, -0.05) is 94.3 Å². The molecule has 0 aliphatic carbocycles. The van der Waals surface area contributed by atoms with Crippen molar-refractivity contribution in [1.29, 1.82) is 0 Å². The lowest BCUT2D eigenvalue weighted by Crippen LogP contribution is -2.51. The van der Waals surface area contributed by atoms with Crippen LogP contribution >= 0.6 is 0 Å². The van der Waals surface area contributed by atoms with E-state index in [1.807, 2.05) is 75.4 Å². The second-order valence-corrected chi connectivity index (χ2v) is 12.9. The van der Waals surface area contributed by atoms with Crippen LogP contribution in [0.3, 0.4) is 0 Å². The predicted octanol–water partition coefficient (Wildman–Crippen LogP) is 6.93. The van der Waals surface area contributed by atoms with Gasteiger partial charge in [0.25, 0.3) is 0 Å². The van der Waals surface area contributed by atoms with Crippen LogP contribution in [0.25, 0.3) is 5.57 Å². The Morgan fingerprint density at radius 2 is 1.68 bits per heavy atom. The second-order valence-electron chi connectivity index (χ2n) is 12.9. The Balaban J connectivity index is 1.66. The molecule has 41 heavy (non-hydrogen) atoms. The van der Waals surface area contributed by atoms with Crippen molar-refractivity contribution in [2.45, 2.75) is 71.9 Å². The number of hydrogen-bond acceptors (Lipinski definition) is 4. The van der Waals surface area contributed by atoms with E-state index in [0.29, 0.717) is 11.3 Å². The molecule has 0 radical (unpaired) electrons. The summed E-state index contributed by atoms with van der Waals surface area (Å²) in [6.45, 7) is 12.0. The Bertz CT molecular complexity index is 1610. The van der Waals surface area contributed by atoms with E-state index >= 15 is 0 Å². The minimum atomic E-state index is -1.27. The number of carbonyl (C=O) groups is 3. The molecule has 4 atom stereocenters. The Morgan fingerprint density at radius 1 is 0.976 bits per heavy atom. The van der Waals surface area contributed by atoms with Gasteiger partial charge in [-0.25, -0.2) is 0 Å². The molecule has 0 aromatic heterocycles. The fourth-order valence-electron chi connectivity index (χ4n) is 7.29. The molecule has 1 amide bonds. The van der Waals surface area contributed by atoms with Crippen LogP contribution in [0, 0.1) is 18.3 Å². The largest absolute Gasteiger partial charge is 0.352 e. The lowest BCUT2D eigenvalue weighted by atomic mass is 9.63. The zero-order chi connectivity index (χ0) is 29.3. The average molecular weight is 547 g/mol. The van der Waals surface area contributed by atoms with Gasteiger partial charge < -0.3 is 10.2 Å². The summed E-state index contributed by atoms with van der Waals surface area (Å²) in [5, 5.41) is 3.11. The monoisotopic (exact) mass is 546 g/mol. The maximum Gasteiger partial charge on any atom is 0.238 e. The third-order valence-corrected chi connectivity index (χ3v) is 9.20. The van der Waals surface area contributed by atoms with Gasteiger partial charge in [0.2, 0.25) is 5.91 Å². The molecule has 3 aliphatic rings. The standard InChI is InChI=1S/C36H38N2O3/c1-7-10-23-14-16-24(17-15-23)32(39)30-31(33(40)35(4,5)6)38-28-18-13-21(2)19-25(28)22(3)20-29(38)36(30)26-11-8-9-12-27(26)37-34(36)41/h8-9,11-20,29-31H,7,10H2,1-6H3,(H,37,41)/t29-,30-,31-,36+/m1/s1. The third kappa shape index (κ3) is 3.93. The number of hydrogen-bond donors (Lipinski definition) is 1. The van der Waals surface area contributed by atoms with Gasteiger partial charge in [0.15, 0.2) is 11.6 Å². The molecular formula is C36H38N2O3. The molecular weight excluding hydrogens is 508 g/mol. The number of benzene rings is 3. The second kappa shape index (κ2) is 9.54. The number of rotatable bonds is 5. The fourth-order valence-corrected chi connectivity index (χ4v) is 7.29. The van der Waals surface area contributed by atoms with E-state index in [2.05, 4.69) is 49.2 Å². The number of anilines is 2. The van der Waals surface area contributed by atoms with Crippen molar-refractivity contribution in [2.75, 3.05) is 10.2 Å². The van der Waals surface area contributed by atoms with Crippen LogP contribution in [-0.2, 0) is 21.4 Å². The van der Waals surface area contributed by atoms with E-state index in [4.69, 9.17) is 0 Å². The van der Waals surface area contributed by atoms with Crippen molar-refractivity contribution in [2.24, 2.45) is 11.3 Å². The number of carbonyl (C=O) groups excluding carboxylic acids is 3. The van der Waals surface area contributed by atoms with Crippen LogP contribution in [0.5, 0.6) is 0 Å². The van der Waals surface area contributed by atoms with Crippen LogP contribution in [0.1, 0.15) is 73.7 Å². The minimum Gasteiger partial charge on any atom is -0.352 e. The fraction of sp³-hybridized carbons (Fsp3) is 0.361. The van der Waals surface area contributed by atoms with Crippen LogP contribution in [0.15, 0.2) is 72.8 Å². The summed E-state index contributed by atoms with van der Waals surface area (Å²) in [6.07, 6.45) is 4.06. The third-order valence-electron chi connectivity index (χ3n) is 9.20. The van der Waals surface area contributed by atoms with Gasteiger partial charge in [0.1, 0.15) is 11.5 Å². The molecule has 1 N–H and O–H groups in total. The van der Waals surface area contributed by atoms with Crippen LogP contribution in [0.2, 0.25) is 0 Å². The highest BCUT2D eigenvalue weighted by Crippen LogP contribution is 2.59. The van der Waals surface area contributed by atoms with Gasteiger partial charge in [0.05, 0.1) is 12.0 Å². The van der Waals surface area contributed by atoms with Crippen molar-refractivity contribution < 1.29 is 14.4 Å². The first-order valence-electron chi connectivity index (χ1n) is 14.7. The van der Waals surface area contributed by atoms with Gasteiger partial charge in [-0.05, 0) is 55.2 Å². The Morgan fingerprint density at radius 3 is 2.37 bits per heavy atom. The first-order valence-corrected chi connectivity index (χ1v) is 14.7. The van der Waals surface area contributed by atoms with Crippen molar-refractivity contribution in [1.82, 2.24) is 0 Å². The summed E-state index contributed by atoms with van der Waals surface area (Å²) in [6, 6.07) is 20.3. The lowest BCUT2D eigenvalue weighted by molar-refractivity contribution is -0.128. The molecule has 5 heteroatoms. The number of nitrogens with one attached hydrogen (secondary N) is 1. The van der Waals surface area contributed by atoms with E-state index in [1.165, 1.54) is 0 Å². The van der Waals surface area contributed by atoms with E-state index in [9.17, 15) is 14.4 Å². The van der Waals surface area contributed by atoms with Crippen LogP contribution < -0.4 is 10.2 Å². The average Bonchev–Trinajstić information content (AvgIpc) is 3.40. The summed E-state index contributed by atoms with van der Waals surface area (Å²) in [4.78, 5) is 46.0. The molecule has 6 rings (SSSR count). The van der Waals surface area contributed by atoms with Gasteiger partial charge >= 0.3 is 0 Å². The molecule has 0 bridgehead atoms. The number of Topliss-reactive ketones (excluding diaryl/α,β-unsaturated/α-hetero) is 2. The zero-order valence-electron chi connectivity index (χ0n) is 24.7. The van der Waals surface area contributed by atoms with E-state index in [-0.39, 0.29) is 17.5 Å². The van der Waals surface area contributed by atoms with Gasteiger partial charge in [-0.15, -0.1) is 0 Å². The molecule has 1 fully saturated rings. The maximum atomic E-state index is 14.9. The number of nitrogens with zero attached hydrogens (tertiary/aromatic N) is 1. The minimum absolute atomic E-state index is 0.0445. The van der Waals surface area contributed by atoms with Crippen molar-refractivity contribution in [3.8, 4) is 0 Å². The molecule has 3 aromatic rings. The summed E-state index contributed by atoms with van der Waals surface area (Å²) >= 11 is 0. The highest BCUT2D eigenvalue weighted by molar-refractivity contribution is 6.17. The molecule has 1 spiro atoms. The number of aryl methyl sites for hydroxylation is 2. The number of amides is 1. The molecule has 3 heterocycles. The lowest BCUT2D eigenvalue weighted by Gasteiger charge is -2.40. The van der Waals surface area contributed by atoms with Gasteiger partial charge in [0, 0.05) is 27.9 Å². The Kier molecular flexibility index (Phi) is 6.33. The predicted molar refractivity (Wildman–Crippen MR) is 164 cm³/mol. The maximum absolute atomic E-state index is 14.9. The first-order chi connectivity index (χ1) is 19.5. The summed E-state index contributed by atoms with van der Waals surface area (Å²) in [5.74, 6) is -1.36. The molecule has 0 saturated carbocycles. The normalized spacial score (nSPS) is 24.4. The molecule has 210 valence electrons. The number of para-hydroxylation sites is 1. The molecule has 1 saturated heterocycles. The van der Waals surface area contributed by atoms with Crippen molar-refractivity contribution >= 4 is 34.4 Å².